The topological polar surface area (TPSA) is 99.2 Å². The summed E-state index contributed by atoms with van der Waals surface area (Å²) in [5.41, 5.74) is -0.374. The first-order chi connectivity index (χ1) is 12.2. The minimum Gasteiger partial charge on any atom is -0.507 e. The van der Waals surface area contributed by atoms with E-state index in [1.165, 1.54) is 6.07 Å². The van der Waals surface area contributed by atoms with Crippen LogP contribution < -0.4 is 5.32 Å². The number of piperazine rings is 1. The molecule has 0 spiro atoms. The molecule has 0 aromatic heterocycles. The lowest BCUT2D eigenvalue weighted by molar-refractivity contribution is -0.131. The summed E-state index contributed by atoms with van der Waals surface area (Å²) in [6.45, 7) is 6.56. The van der Waals surface area contributed by atoms with Gasteiger partial charge < -0.3 is 25.0 Å². The second-order valence-electron chi connectivity index (χ2n) is 7.05. The number of carbonyl (C=O) groups excluding carboxylic acids is 3. The maximum atomic E-state index is 12.4. The first kappa shape index (κ1) is 19.6. The Kier molecular flexibility index (Phi) is 6.07. The Morgan fingerprint density at radius 1 is 1.08 bits per heavy atom. The Bertz CT molecular complexity index is 676. The minimum atomic E-state index is -0.640. The Balaban J connectivity index is 1.81. The van der Waals surface area contributed by atoms with Crippen molar-refractivity contribution in [2.45, 2.75) is 26.4 Å². The average Bonchev–Trinajstić information content (AvgIpc) is 2.58. The van der Waals surface area contributed by atoms with Crippen LogP contribution in [0.3, 0.4) is 0 Å². The van der Waals surface area contributed by atoms with Crippen molar-refractivity contribution in [2.24, 2.45) is 0 Å². The lowest BCUT2D eigenvalue weighted by Crippen LogP contribution is -2.52. The molecule has 0 aliphatic carbocycles. The molecular weight excluding hydrogens is 338 g/mol. The predicted octanol–water partition coefficient (Wildman–Crippen LogP) is 1.20. The monoisotopic (exact) mass is 363 g/mol. The first-order valence-electron chi connectivity index (χ1n) is 8.49. The Morgan fingerprint density at radius 2 is 1.65 bits per heavy atom. The quantitative estimate of drug-likeness (QED) is 0.841. The first-order valence-corrected chi connectivity index (χ1v) is 8.49. The highest BCUT2D eigenvalue weighted by molar-refractivity contribution is 5.97. The van der Waals surface area contributed by atoms with Crippen LogP contribution in [0.4, 0.5) is 4.79 Å². The summed E-state index contributed by atoms with van der Waals surface area (Å²) in [4.78, 5) is 39.4. The summed E-state index contributed by atoms with van der Waals surface area (Å²) in [6, 6.07) is 6.38. The fraction of sp³-hybridized carbons (Fsp3) is 0.500. The van der Waals surface area contributed by atoms with E-state index in [1.807, 2.05) is 0 Å². The maximum absolute atomic E-state index is 12.4. The summed E-state index contributed by atoms with van der Waals surface area (Å²) >= 11 is 0. The largest absolute Gasteiger partial charge is 0.507 e. The third-order valence-corrected chi connectivity index (χ3v) is 3.84. The van der Waals surface area contributed by atoms with Crippen LogP contribution in [0, 0.1) is 0 Å². The number of rotatable bonds is 3. The summed E-state index contributed by atoms with van der Waals surface area (Å²) in [7, 11) is 0. The second kappa shape index (κ2) is 8.07. The zero-order chi connectivity index (χ0) is 19.3. The summed E-state index contributed by atoms with van der Waals surface area (Å²) in [5.74, 6) is -0.551. The molecule has 8 nitrogen and oxygen atoms in total. The van der Waals surface area contributed by atoms with Gasteiger partial charge in [-0.1, -0.05) is 12.1 Å². The third-order valence-electron chi connectivity index (χ3n) is 3.84. The molecule has 1 aromatic rings. The normalized spacial score (nSPS) is 14.7. The molecule has 1 heterocycles. The molecule has 1 aliphatic heterocycles. The lowest BCUT2D eigenvalue weighted by atomic mass is 10.1. The number of phenolic OH excluding ortho intramolecular Hbond substituents is 1. The van der Waals surface area contributed by atoms with Gasteiger partial charge in [0.1, 0.15) is 17.9 Å². The van der Waals surface area contributed by atoms with E-state index in [9.17, 15) is 19.5 Å². The Labute approximate surface area is 152 Å². The SMILES string of the molecule is CC(C)(C)OC(=O)NCC(=O)N1CCN(C(=O)c2ccccc2O)CC1. The number of alkyl carbamates (subject to hydrolysis) is 1. The maximum Gasteiger partial charge on any atom is 0.408 e. The highest BCUT2D eigenvalue weighted by Gasteiger charge is 2.26. The molecule has 8 heteroatoms. The van der Waals surface area contributed by atoms with Crippen LogP contribution >= 0.6 is 0 Å². The fourth-order valence-electron chi connectivity index (χ4n) is 2.56. The molecule has 2 N–H and O–H groups in total. The molecule has 26 heavy (non-hydrogen) atoms. The molecule has 1 aromatic carbocycles. The van der Waals surface area contributed by atoms with Crippen LogP contribution in [-0.2, 0) is 9.53 Å². The zero-order valence-electron chi connectivity index (χ0n) is 15.3. The average molecular weight is 363 g/mol. The van der Waals surface area contributed by atoms with Crippen LogP contribution in [0.1, 0.15) is 31.1 Å². The second-order valence-corrected chi connectivity index (χ2v) is 7.05. The van der Waals surface area contributed by atoms with Gasteiger partial charge in [0.2, 0.25) is 5.91 Å². The number of ether oxygens (including phenoxy) is 1. The van der Waals surface area contributed by atoms with E-state index in [0.717, 1.165) is 0 Å². The van der Waals surface area contributed by atoms with Crippen molar-refractivity contribution in [1.82, 2.24) is 15.1 Å². The van der Waals surface area contributed by atoms with Crippen molar-refractivity contribution in [2.75, 3.05) is 32.7 Å². The highest BCUT2D eigenvalue weighted by atomic mass is 16.6. The fourth-order valence-corrected chi connectivity index (χ4v) is 2.56. The third kappa shape index (κ3) is 5.37. The van der Waals surface area contributed by atoms with E-state index in [2.05, 4.69) is 5.32 Å². The molecule has 2 rings (SSSR count). The van der Waals surface area contributed by atoms with Crippen molar-refractivity contribution in [3.8, 4) is 5.75 Å². The Morgan fingerprint density at radius 3 is 2.23 bits per heavy atom. The number of hydrogen-bond acceptors (Lipinski definition) is 5. The molecule has 1 aliphatic rings. The van der Waals surface area contributed by atoms with E-state index >= 15 is 0 Å². The van der Waals surface area contributed by atoms with Crippen LogP contribution in [0.15, 0.2) is 24.3 Å². The summed E-state index contributed by atoms with van der Waals surface area (Å²) in [6.07, 6.45) is -0.640. The van der Waals surface area contributed by atoms with Gasteiger partial charge in [-0.2, -0.15) is 0 Å². The molecule has 0 bridgehead atoms. The van der Waals surface area contributed by atoms with E-state index in [1.54, 1.807) is 48.8 Å². The molecule has 3 amide bonds. The van der Waals surface area contributed by atoms with Crippen molar-refractivity contribution in [3.05, 3.63) is 29.8 Å². The number of benzene rings is 1. The van der Waals surface area contributed by atoms with Gasteiger partial charge in [-0.3, -0.25) is 9.59 Å². The molecule has 0 atom stereocenters. The molecule has 0 unspecified atom stereocenters. The molecule has 0 saturated carbocycles. The van der Waals surface area contributed by atoms with Crippen LogP contribution in [0.2, 0.25) is 0 Å². The summed E-state index contributed by atoms with van der Waals surface area (Å²) < 4.78 is 5.09. The van der Waals surface area contributed by atoms with Gasteiger partial charge in [0, 0.05) is 26.2 Å². The lowest BCUT2D eigenvalue weighted by Gasteiger charge is -2.35. The number of aromatic hydroxyl groups is 1. The number of amides is 3. The number of hydrogen-bond donors (Lipinski definition) is 2. The molecule has 142 valence electrons. The van der Waals surface area contributed by atoms with Gasteiger partial charge >= 0.3 is 6.09 Å². The Hall–Kier alpha value is -2.77. The van der Waals surface area contributed by atoms with E-state index < -0.39 is 11.7 Å². The van der Waals surface area contributed by atoms with Crippen LogP contribution in [-0.4, -0.2) is 71.1 Å². The van der Waals surface area contributed by atoms with E-state index in [0.29, 0.717) is 26.2 Å². The molecule has 0 radical (unpaired) electrons. The van der Waals surface area contributed by atoms with Gasteiger partial charge in [-0.25, -0.2) is 4.79 Å². The molecule has 1 saturated heterocycles. The van der Waals surface area contributed by atoms with Crippen molar-refractivity contribution in [1.29, 1.82) is 0 Å². The number of carbonyl (C=O) groups is 3. The van der Waals surface area contributed by atoms with E-state index in [4.69, 9.17) is 4.74 Å². The van der Waals surface area contributed by atoms with Gasteiger partial charge in [0.15, 0.2) is 0 Å². The van der Waals surface area contributed by atoms with E-state index in [-0.39, 0.29) is 29.7 Å². The number of para-hydroxylation sites is 1. The summed E-state index contributed by atoms with van der Waals surface area (Å²) in [5, 5.41) is 12.2. The van der Waals surface area contributed by atoms with Gasteiger partial charge in [0.05, 0.1) is 5.56 Å². The number of phenols is 1. The standard InChI is InChI=1S/C18H25N3O5/c1-18(2,3)26-17(25)19-12-15(23)20-8-10-21(11-9-20)16(24)13-6-4-5-7-14(13)22/h4-7,22H,8-12H2,1-3H3,(H,19,25). The predicted molar refractivity (Wildman–Crippen MR) is 94.8 cm³/mol. The minimum absolute atomic E-state index is 0.0578. The zero-order valence-corrected chi connectivity index (χ0v) is 15.3. The van der Waals surface area contributed by atoms with Gasteiger partial charge in [-0.15, -0.1) is 0 Å². The number of nitrogens with zero attached hydrogens (tertiary/aromatic N) is 2. The van der Waals surface area contributed by atoms with Gasteiger partial charge in [-0.05, 0) is 32.9 Å². The van der Waals surface area contributed by atoms with Crippen molar-refractivity contribution >= 4 is 17.9 Å². The van der Waals surface area contributed by atoms with Crippen LogP contribution in [0.25, 0.3) is 0 Å². The highest BCUT2D eigenvalue weighted by Crippen LogP contribution is 2.18. The van der Waals surface area contributed by atoms with Crippen molar-refractivity contribution in [3.63, 3.8) is 0 Å². The molecular formula is C18H25N3O5. The van der Waals surface area contributed by atoms with Crippen LogP contribution in [0.5, 0.6) is 5.75 Å². The van der Waals surface area contributed by atoms with Crippen molar-refractivity contribution < 1.29 is 24.2 Å². The number of nitrogens with one attached hydrogen (secondary N) is 1. The smallest absolute Gasteiger partial charge is 0.408 e. The molecule has 1 fully saturated rings. The van der Waals surface area contributed by atoms with Gasteiger partial charge in [0.25, 0.3) is 5.91 Å².